The van der Waals surface area contributed by atoms with Crippen molar-refractivity contribution in [2.45, 2.75) is 38.2 Å². The van der Waals surface area contributed by atoms with Crippen molar-refractivity contribution in [1.29, 1.82) is 0 Å². The molecule has 1 unspecified atom stereocenters. The highest BCUT2D eigenvalue weighted by Crippen LogP contribution is 2.16. The molecule has 138 valence electrons. The van der Waals surface area contributed by atoms with Crippen LogP contribution in [0.2, 0.25) is 0 Å². The molecule has 0 saturated carbocycles. The summed E-state index contributed by atoms with van der Waals surface area (Å²) in [6.45, 7) is 1.65. The van der Waals surface area contributed by atoms with E-state index in [2.05, 4.69) is 4.74 Å². The summed E-state index contributed by atoms with van der Waals surface area (Å²) in [7, 11) is 2.99. The molecule has 1 aliphatic heterocycles. The molecule has 1 saturated heterocycles. The number of hydrogen-bond acceptors (Lipinski definition) is 5. The number of aryl methyl sites for hydroxylation is 1. The number of nitrogens with zero attached hydrogens (tertiary/aromatic N) is 1. The molecule has 1 amide bonds. The number of carbonyl (C=O) groups excluding carboxylic acids is 2. The third-order valence-corrected chi connectivity index (χ3v) is 4.40. The predicted molar refractivity (Wildman–Crippen MR) is 93.5 cm³/mol. The van der Waals surface area contributed by atoms with Crippen LogP contribution in [-0.2, 0) is 25.5 Å². The third kappa shape index (κ3) is 6.38. The molecule has 1 heterocycles. The van der Waals surface area contributed by atoms with Crippen molar-refractivity contribution in [2.75, 3.05) is 33.9 Å². The van der Waals surface area contributed by atoms with Crippen molar-refractivity contribution in [3.63, 3.8) is 0 Å². The molecular weight excluding hydrogens is 322 g/mol. The molecule has 6 heteroatoms. The maximum atomic E-state index is 12.6. The molecule has 0 aromatic heterocycles. The van der Waals surface area contributed by atoms with Gasteiger partial charge in [0.1, 0.15) is 5.75 Å². The van der Waals surface area contributed by atoms with Gasteiger partial charge in [-0.2, -0.15) is 0 Å². The molecule has 0 spiro atoms. The van der Waals surface area contributed by atoms with Gasteiger partial charge in [-0.3, -0.25) is 9.59 Å². The normalized spacial score (nSPS) is 16.5. The molecule has 1 atom stereocenters. The summed E-state index contributed by atoms with van der Waals surface area (Å²) in [6, 6.07) is 7.71. The summed E-state index contributed by atoms with van der Waals surface area (Å²) in [6.07, 6.45) is 3.32. The van der Waals surface area contributed by atoms with E-state index in [4.69, 9.17) is 9.47 Å². The summed E-state index contributed by atoms with van der Waals surface area (Å²) in [5, 5.41) is 0. The van der Waals surface area contributed by atoms with Gasteiger partial charge < -0.3 is 19.1 Å². The molecule has 1 aromatic rings. The number of benzene rings is 1. The van der Waals surface area contributed by atoms with E-state index < -0.39 is 0 Å². The van der Waals surface area contributed by atoms with Gasteiger partial charge in [-0.1, -0.05) is 12.1 Å². The Morgan fingerprint density at radius 1 is 1.20 bits per heavy atom. The van der Waals surface area contributed by atoms with E-state index in [1.54, 1.807) is 12.0 Å². The Hall–Kier alpha value is -2.08. The summed E-state index contributed by atoms with van der Waals surface area (Å²) in [5.74, 6) is 0.531. The minimum atomic E-state index is -0.305. The van der Waals surface area contributed by atoms with E-state index in [-0.39, 0.29) is 24.4 Å². The van der Waals surface area contributed by atoms with Crippen LogP contribution in [-0.4, -0.2) is 56.8 Å². The maximum absolute atomic E-state index is 12.6. The highest BCUT2D eigenvalue weighted by molar-refractivity contribution is 5.77. The van der Waals surface area contributed by atoms with Crippen molar-refractivity contribution < 1.29 is 23.8 Å². The number of carbonyl (C=O) groups is 2. The first-order valence-electron chi connectivity index (χ1n) is 8.71. The zero-order chi connectivity index (χ0) is 18.1. The van der Waals surface area contributed by atoms with Crippen LogP contribution in [0.15, 0.2) is 24.3 Å². The minimum Gasteiger partial charge on any atom is -0.497 e. The Bertz CT molecular complexity index is 551. The molecule has 6 nitrogen and oxygen atoms in total. The Kier molecular flexibility index (Phi) is 7.73. The van der Waals surface area contributed by atoms with Crippen LogP contribution >= 0.6 is 0 Å². The van der Waals surface area contributed by atoms with E-state index in [9.17, 15) is 9.59 Å². The lowest BCUT2D eigenvalue weighted by Gasteiger charge is -2.25. The number of rotatable bonds is 9. The summed E-state index contributed by atoms with van der Waals surface area (Å²) in [5.41, 5.74) is 1.08. The van der Waals surface area contributed by atoms with E-state index in [0.717, 1.165) is 30.8 Å². The topological polar surface area (TPSA) is 65.1 Å². The molecular formula is C19H27NO5. The second-order valence-electron chi connectivity index (χ2n) is 6.15. The maximum Gasteiger partial charge on any atom is 0.307 e. The minimum absolute atomic E-state index is 0.0372. The van der Waals surface area contributed by atoms with Gasteiger partial charge in [0.25, 0.3) is 0 Å². The van der Waals surface area contributed by atoms with Crippen LogP contribution in [0.4, 0.5) is 0 Å². The van der Waals surface area contributed by atoms with Crippen LogP contribution in [0, 0.1) is 0 Å². The van der Waals surface area contributed by atoms with Crippen molar-refractivity contribution in [1.82, 2.24) is 4.90 Å². The first-order chi connectivity index (χ1) is 12.1. The lowest BCUT2D eigenvalue weighted by molar-refractivity contribution is -0.142. The van der Waals surface area contributed by atoms with E-state index >= 15 is 0 Å². The quantitative estimate of drug-likeness (QED) is 0.640. The zero-order valence-corrected chi connectivity index (χ0v) is 15.0. The molecule has 2 rings (SSSR count). The standard InChI is InChI=1S/C19H27NO5/c1-23-16-8-5-15(6-9-16)7-10-18(21)20(12-11-19(22)24-2)14-17-4-3-13-25-17/h5-6,8-9,17H,3-4,7,10-14H2,1-2H3. The van der Waals surface area contributed by atoms with Crippen LogP contribution in [0.3, 0.4) is 0 Å². The van der Waals surface area contributed by atoms with Gasteiger partial charge >= 0.3 is 5.97 Å². The highest BCUT2D eigenvalue weighted by Gasteiger charge is 2.23. The third-order valence-electron chi connectivity index (χ3n) is 4.40. The van der Waals surface area contributed by atoms with Gasteiger partial charge in [-0.15, -0.1) is 0 Å². The average molecular weight is 349 g/mol. The Morgan fingerprint density at radius 3 is 2.56 bits per heavy atom. The number of ether oxygens (including phenoxy) is 3. The van der Waals surface area contributed by atoms with Crippen LogP contribution in [0.25, 0.3) is 0 Å². The smallest absolute Gasteiger partial charge is 0.307 e. The molecule has 1 aromatic carbocycles. The largest absolute Gasteiger partial charge is 0.497 e. The van der Waals surface area contributed by atoms with E-state index in [1.165, 1.54) is 7.11 Å². The lowest BCUT2D eigenvalue weighted by atomic mass is 10.1. The van der Waals surface area contributed by atoms with Crippen molar-refractivity contribution in [3.05, 3.63) is 29.8 Å². The lowest BCUT2D eigenvalue weighted by Crippen LogP contribution is -2.39. The molecule has 0 radical (unpaired) electrons. The van der Waals surface area contributed by atoms with Gasteiger partial charge in [0.05, 0.1) is 26.7 Å². The number of methoxy groups -OCH3 is 2. The van der Waals surface area contributed by atoms with Crippen molar-refractivity contribution in [2.24, 2.45) is 0 Å². The molecule has 1 fully saturated rings. The summed E-state index contributed by atoms with van der Waals surface area (Å²) in [4.78, 5) is 25.8. The Morgan fingerprint density at radius 2 is 1.96 bits per heavy atom. The fourth-order valence-corrected chi connectivity index (χ4v) is 2.88. The van der Waals surface area contributed by atoms with Crippen LogP contribution in [0.1, 0.15) is 31.2 Å². The van der Waals surface area contributed by atoms with Crippen molar-refractivity contribution >= 4 is 11.9 Å². The van der Waals surface area contributed by atoms with Crippen LogP contribution in [0.5, 0.6) is 5.75 Å². The van der Waals surface area contributed by atoms with Gasteiger partial charge in [0.2, 0.25) is 5.91 Å². The first kappa shape index (κ1) is 19.2. The van der Waals surface area contributed by atoms with Crippen molar-refractivity contribution in [3.8, 4) is 5.75 Å². The average Bonchev–Trinajstić information content (AvgIpc) is 3.16. The molecule has 1 aliphatic rings. The second-order valence-corrected chi connectivity index (χ2v) is 6.15. The second kappa shape index (κ2) is 10.0. The highest BCUT2D eigenvalue weighted by atomic mass is 16.5. The van der Waals surface area contributed by atoms with Crippen LogP contribution < -0.4 is 4.74 Å². The monoisotopic (exact) mass is 349 g/mol. The molecule has 0 N–H and O–H groups in total. The predicted octanol–water partition coefficient (Wildman–Crippen LogP) is 2.20. The molecule has 0 bridgehead atoms. The van der Waals surface area contributed by atoms with E-state index in [0.29, 0.717) is 25.9 Å². The fraction of sp³-hybridized carbons (Fsp3) is 0.579. The van der Waals surface area contributed by atoms with Gasteiger partial charge in [-0.25, -0.2) is 0 Å². The number of amides is 1. The fourth-order valence-electron chi connectivity index (χ4n) is 2.88. The SMILES string of the molecule is COC(=O)CCN(CC1CCCO1)C(=O)CCc1ccc(OC)cc1. The summed E-state index contributed by atoms with van der Waals surface area (Å²) >= 11 is 0. The number of esters is 1. The molecule has 0 aliphatic carbocycles. The number of hydrogen-bond donors (Lipinski definition) is 0. The summed E-state index contributed by atoms with van der Waals surface area (Å²) < 4.78 is 15.5. The molecule has 25 heavy (non-hydrogen) atoms. The first-order valence-corrected chi connectivity index (χ1v) is 8.71. The van der Waals surface area contributed by atoms with E-state index in [1.807, 2.05) is 24.3 Å². The van der Waals surface area contributed by atoms with Gasteiger partial charge in [0, 0.05) is 26.1 Å². The Labute approximate surface area is 149 Å². The Balaban J connectivity index is 1.88. The van der Waals surface area contributed by atoms with Gasteiger partial charge in [0.15, 0.2) is 0 Å². The zero-order valence-electron chi connectivity index (χ0n) is 15.0. The van der Waals surface area contributed by atoms with Gasteiger partial charge in [-0.05, 0) is 37.0 Å².